The number of rotatable bonds is 6. The van der Waals surface area contributed by atoms with Crippen LogP contribution in [0.1, 0.15) is 38.5 Å². The van der Waals surface area contributed by atoms with E-state index in [4.69, 9.17) is 16.1 Å². The quantitative estimate of drug-likeness (QED) is 0.316. The van der Waals surface area contributed by atoms with Crippen molar-refractivity contribution in [2.75, 3.05) is 12.8 Å². The van der Waals surface area contributed by atoms with Crippen LogP contribution in [0, 0.1) is 0 Å². The summed E-state index contributed by atoms with van der Waals surface area (Å²) in [7, 11) is 0. The molecule has 0 radical (unpaired) electrons. The zero-order chi connectivity index (χ0) is 19.1. The molecule has 2 unspecified atom stereocenters. The van der Waals surface area contributed by atoms with Crippen LogP contribution >= 0.6 is 47.3 Å². The van der Waals surface area contributed by atoms with E-state index >= 15 is 0 Å². The molecule has 0 spiro atoms. The standard InChI is InChI=1S/C19H26ClN5OS.HI/c1-3-21-19(23-15-5-4-6-16(11-15)27-2)22-12-17-24-18(25-26-17)13-7-9-14(20)10-8-13;/h7-10,15-16H,3-6,11-12H2,1-2H3,(H2,21,22,23);1H. The number of guanidine groups is 1. The Morgan fingerprint density at radius 2 is 2.11 bits per heavy atom. The molecule has 1 heterocycles. The van der Waals surface area contributed by atoms with Crippen LogP contribution in [0.2, 0.25) is 5.02 Å². The minimum Gasteiger partial charge on any atom is -0.357 e. The Kier molecular flexibility index (Phi) is 9.87. The summed E-state index contributed by atoms with van der Waals surface area (Å²) in [5, 5.41) is 12.3. The van der Waals surface area contributed by atoms with Crippen molar-refractivity contribution in [2.45, 2.75) is 50.4 Å². The number of aromatic nitrogens is 2. The number of halogens is 2. The van der Waals surface area contributed by atoms with Gasteiger partial charge in [-0.15, -0.1) is 24.0 Å². The van der Waals surface area contributed by atoms with Crippen molar-refractivity contribution in [1.82, 2.24) is 20.8 Å². The highest BCUT2D eigenvalue weighted by Gasteiger charge is 2.22. The van der Waals surface area contributed by atoms with E-state index in [0.29, 0.717) is 29.3 Å². The van der Waals surface area contributed by atoms with Gasteiger partial charge in [-0.25, -0.2) is 4.99 Å². The van der Waals surface area contributed by atoms with Crippen LogP contribution in [0.4, 0.5) is 0 Å². The zero-order valence-electron chi connectivity index (χ0n) is 16.2. The van der Waals surface area contributed by atoms with E-state index in [9.17, 15) is 0 Å². The van der Waals surface area contributed by atoms with E-state index in [1.165, 1.54) is 25.7 Å². The normalized spacial score (nSPS) is 19.8. The highest BCUT2D eigenvalue weighted by molar-refractivity contribution is 14.0. The molecule has 28 heavy (non-hydrogen) atoms. The van der Waals surface area contributed by atoms with E-state index in [1.54, 1.807) is 0 Å². The fourth-order valence-electron chi connectivity index (χ4n) is 3.19. The fourth-order valence-corrected chi connectivity index (χ4v) is 4.14. The van der Waals surface area contributed by atoms with Gasteiger partial charge in [0.15, 0.2) is 5.96 Å². The lowest BCUT2D eigenvalue weighted by Crippen LogP contribution is -2.45. The molecule has 1 saturated carbocycles. The van der Waals surface area contributed by atoms with Crippen molar-refractivity contribution in [3.8, 4) is 11.4 Å². The Labute approximate surface area is 192 Å². The van der Waals surface area contributed by atoms with Gasteiger partial charge >= 0.3 is 0 Å². The highest BCUT2D eigenvalue weighted by atomic mass is 127. The molecule has 9 heteroatoms. The van der Waals surface area contributed by atoms with E-state index in [2.05, 4.69) is 38.9 Å². The highest BCUT2D eigenvalue weighted by Crippen LogP contribution is 2.26. The van der Waals surface area contributed by atoms with Gasteiger partial charge in [-0.2, -0.15) is 16.7 Å². The van der Waals surface area contributed by atoms with Gasteiger partial charge < -0.3 is 15.2 Å². The Balaban J connectivity index is 0.00000280. The second-order valence-corrected chi connectivity index (χ2v) is 8.15. The maximum atomic E-state index is 5.92. The molecule has 3 rings (SSSR count). The largest absolute Gasteiger partial charge is 0.357 e. The zero-order valence-corrected chi connectivity index (χ0v) is 20.1. The Hall–Kier alpha value is -1.000. The predicted octanol–water partition coefficient (Wildman–Crippen LogP) is 4.74. The van der Waals surface area contributed by atoms with E-state index < -0.39 is 0 Å². The van der Waals surface area contributed by atoms with Crippen molar-refractivity contribution in [3.63, 3.8) is 0 Å². The molecule has 6 nitrogen and oxygen atoms in total. The van der Waals surface area contributed by atoms with Gasteiger partial charge in [-0.3, -0.25) is 0 Å². The average Bonchev–Trinajstić information content (AvgIpc) is 3.16. The van der Waals surface area contributed by atoms with Gasteiger partial charge in [-0.05, 0) is 56.7 Å². The van der Waals surface area contributed by atoms with Crippen LogP contribution in [0.15, 0.2) is 33.8 Å². The van der Waals surface area contributed by atoms with Crippen LogP contribution in [-0.4, -0.2) is 40.2 Å². The topological polar surface area (TPSA) is 75.3 Å². The summed E-state index contributed by atoms with van der Waals surface area (Å²) in [5.74, 6) is 1.84. The van der Waals surface area contributed by atoms with Crippen LogP contribution in [0.25, 0.3) is 11.4 Å². The number of nitrogens with zero attached hydrogens (tertiary/aromatic N) is 3. The van der Waals surface area contributed by atoms with E-state index in [0.717, 1.165) is 23.3 Å². The third kappa shape index (κ3) is 6.81. The summed E-state index contributed by atoms with van der Waals surface area (Å²) in [6.45, 7) is 3.22. The van der Waals surface area contributed by atoms with Crippen molar-refractivity contribution in [2.24, 2.45) is 4.99 Å². The number of thioether (sulfide) groups is 1. The summed E-state index contributed by atoms with van der Waals surface area (Å²) in [6.07, 6.45) is 7.12. The third-order valence-electron chi connectivity index (χ3n) is 4.59. The summed E-state index contributed by atoms with van der Waals surface area (Å²) in [6, 6.07) is 7.82. The summed E-state index contributed by atoms with van der Waals surface area (Å²) >= 11 is 7.88. The lowest BCUT2D eigenvalue weighted by Gasteiger charge is -2.29. The first-order chi connectivity index (χ1) is 13.2. The minimum atomic E-state index is 0. The van der Waals surface area contributed by atoms with Crippen LogP contribution in [0.5, 0.6) is 0 Å². The Bertz CT molecular complexity index is 755. The lowest BCUT2D eigenvalue weighted by atomic mass is 9.95. The first-order valence-electron chi connectivity index (χ1n) is 9.34. The molecule has 1 aliphatic carbocycles. The molecule has 0 aliphatic heterocycles. The van der Waals surface area contributed by atoms with Gasteiger partial charge in [0.05, 0.1) is 0 Å². The Morgan fingerprint density at radius 3 is 2.82 bits per heavy atom. The molecule has 2 atom stereocenters. The monoisotopic (exact) mass is 535 g/mol. The first kappa shape index (κ1) is 23.3. The summed E-state index contributed by atoms with van der Waals surface area (Å²) < 4.78 is 5.34. The van der Waals surface area contributed by atoms with Gasteiger partial charge in [0.25, 0.3) is 0 Å². The van der Waals surface area contributed by atoms with Crippen LogP contribution in [0.3, 0.4) is 0 Å². The number of hydrogen-bond acceptors (Lipinski definition) is 5. The number of aliphatic imine (C=N–C) groups is 1. The fraction of sp³-hybridized carbons (Fsp3) is 0.526. The molecule has 1 aromatic heterocycles. The van der Waals surface area contributed by atoms with Crippen molar-refractivity contribution in [1.29, 1.82) is 0 Å². The molecule has 0 saturated heterocycles. The van der Waals surface area contributed by atoms with Crippen LogP contribution in [-0.2, 0) is 6.54 Å². The summed E-state index contributed by atoms with van der Waals surface area (Å²) in [5.41, 5.74) is 0.869. The number of benzene rings is 1. The molecule has 1 fully saturated rings. The molecular weight excluding hydrogens is 509 g/mol. The van der Waals surface area contributed by atoms with Crippen LogP contribution < -0.4 is 10.6 Å². The maximum absolute atomic E-state index is 5.92. The third-order valence-corrected chi connectivity index (χ3v) is 5.93. The SMILES string of the molecule is CCNC(=NCc1nc(-c2ccc(Cl)cc2)no1)NC1CCCC(SC)C1.I. The summed E-state index contributed by atoms with van der Waals surface area (Å²) in [4.78, 5) is 9.05. The molecule has 154 valence electrons. The second-order valence-electron chi connectivity index (χ2n) is 6.58. The van der Waals surface area contributed by atoms with E-state index in [1.807, 2.05) is 36.0 Å². The van der Waals surface area contributed by atoms with E-state index in [-0.39, 0.29) is 24.0 Å². The van der Waals surface area contributed by atoms with Crippen molar-refractivity contribution < 1.29 is 4.52 Å². The van der Waals surface area contributed by atoms with Crippen molar-refractivity contribution in [3.05, 3.63) is 35.2 Å². The minimum absolute atomic E-state index is 0. The molecule has 1 aromatic carbocycles. The van der Waals surface area contributed by atoms with Gasteiger partial charge in [0.2, 0.25) is 11.7 Å². The molecule has 0 amide bonds. The lowest BCUT2D eigenvalue weighted by molar-refractivity contribution is 0.380. The Morgan fingerprint density at radius 1 is 1.32 bits per heavy atom. The van der Waals surface area contributed by atoms with Gasteiger partial charge in [0, 0.05) is 28.4 Å². The maximum Gasteiger partial charge on any atom is 0.248 e. The molecule has 2 N–H and O–H groups in total. The van der Waals surface area contributed by atoms with Gasteiger partial charge in [-0.1, -0.05) is 23.2 Å². The molecule has 2 aromatic rings. The van der Waals surface area contributed by atoms with Crippen molar-refractivity contribution >= 4 is 53.3 Å². The number of nitrogens with one attached hydrogen (secondary N) is 2. The molecule has 0 bridgehead atoms. The first-order valence-corrected chi connectivity index (χ1v) is 11.0. The average molecular weight is 536 g/mol. The predicted molar refractivity (Wildman–Crippen MR) is 128 cm³/mol. The molecular formula is C19H27ClIN5OS. The second kappa shape index (κ2) is 11.9. The smallest absolute Gasteiger partial charge is 0.248 e. The molecule has 1 aliphatic rings. The van der Waals surface area contributed by atoms with Gasteiger partial charge in [0.1, 0.15) is 6.54 Å². The number of hydrogen-bond donors (Lipinski definition) is 2.